The van der Waals surface area contributed by atoms with Gasteiger partial charge in [-0.25, -0.2) is 9.59 Å². The van der Waals surface area contributed by atoms with Crippen molar-refractivity contribution in [3.8, 4) is 0 Å². The Morgan fingerprint density at radius 3 is 2.13 bits per heavy atom. The van der Waals surface area contributed by atoms with Gasteiger partial charge in [0.25, 0.3) is 5.56 Å². The van der Waals surface area contributed by atoms with Crippen molar-refractivity contribution in [2.45, 2.75) is 52.2 Å². The van der Waals surface area contributed by atoms with Gasteiger partial charge in [-0.15, -0.1) is 0 Å². The van der Waals surface area contributed by atoms with Crippen molar-refractivity contribution in [3.63, 3.8) is 0 Å². The van der Waals surface area contributed by atoms with Gasteiger partial charge in [-0.2, -0.15) is 4.57 Å². The van der Waals surface area contributed by atoms with E-state index in [1.165, 1.54) is 6.92 Å². The summed E-state index contributed by atoms with van der Waals surface area (Å²) in [5, 5.41) is 0. The summed E-state index contributed by atoms with van der Waals surface area (Å²) in [6, 6.07) is 0.909. The van der Waals surface area contributed by atoms with Crippen LogP contribution in [-0.2, 0) is 38.1 Å². The first-order chi connectivity index (χ1) is 14.6. The van der Waals surface area contributed by atoms with E-state index < -0.39 is 59.8 Å². The van der Waals surface area contributed by atoms with E-state index in [0.717, 1.165) is 37.6 Å². The van der Waals surface area contributed by atoms with Gasteiger partial charge in [0.05, 0.1) is 6.61 Å². The lowest BCUT2D eigenvalue weighted by Crippen LogP contribution is -2.47. The molecular formula is C18H22N2O11. The zero-order valence-electron chi connectivity index (χ0n) is 17.3. The summed E-state index contributed by atoms with van der Waals surface area (Å²) in [7, 11) is 0. The van der Waals surface area contributed by atoms with Crippen LogP contribution in [0.4, 0.5) is 4.79 Å². The first-order valence-electron chi connectivity index (χ1n) is 9.21. The van der Waals surface area contributed by atoms with Crippen LogP contribution in [0.2, 0.25) is 0 Å². The summed E-state index contributed by atoms with van der Waals surface area (Å²) in [4.78, 5) is 71.3. The third-order valence-corrected chi connectivity index (χ3v) is 4.08. The summed E-state index contributed by atoms with van der Waals surface area (Å²) >= 11 is 0. The van der Waals surface area contributed by atoms with E-state index in [9.17, 15) is 28.8 Å². The zero-order valence-corrected chi connectivity index (χ0v) is 17.3. The molecule has 1 aromatic heterocycles. The Balaban J connectivity index is 2.55. The van der Waals surface area contributed by atoms with Crippen molar-refractivity contribution >= 4 is 24.0 Å². The molecule has 0 N–H and O–H groups in total. The smallest absolute Gasteiger partial charge is 0.425 e. The fourth-order valence-electron chi connectivity index (χ4n) is 2.96. The molecule has 0 unspecified atom stereocenters. The van der Waals surface area contributed by atoms with Crippen molar-refractivity contribution in [2.24, 2.45) is 0 Å². The molecule has 0 bridgehead atoms. The molecule has 13 nitrogen and oxygen atoms in total. The highest BCUT2D eigenvalue weighted by Gasteiger charge is 2.51. The minimum Gasteiger partial charge on any atom is -0.463 e. The fourth-order valence-corrected chi connectivity index (χ4v) is 2.96. The predicted molar refractivity (Wildman–Crippen MR) is 99.0 cm³/mol. The minimum atomic E-state index is -1.41. The third-order valence-electron chi connectivity index (χ3n) is 4.08. The molecule has 0 aromatic carbocycles. The summed E-state index contributed by atoms with van der Waals surface area (Å²) < 4.78 is 26.8. The maximum Gasteiger partial charge on any atom is 0.425 e. The third kappa shape index (κ3) is 5.57. The molecule has 0 aliphatic carbocycles. The number of rotatable bonds is 6. The SMILES string of the molecule is CCOC(=O)n1c(=O)ccn([C@@H]2O[C@H](COC(C)=O)[C@@H](OC(C)=O)[C@H]2OC(C)=O)c1=O. The molecular weight excluding hydrogens is 420 g/mol. The molecule has 31 heavy (non-hydrogen) atoms. The second-order valence-corrected chi connectivity index (χ2v) is 6.39. The molecule has 170 valence electrons. The molecule has 4 atom stereocenters. The van der Waals surface area contributed by atoms with E-state index in [0.29, 0.717) is 0 Å². The number of nitrogens with zero attached hydrogens (tertiary/aromatic N) is 2. The monoisotopic (exact) mass is 442 g/mol. The highest BCUT2D eigenvalue weighted by atomic mass is 16.7. The Labute approximate surface area is 175 Å². The van der Waals surface area contributed by atoms with E-state index in [4.69, 9.17) is 23.7 Å². The summed E-state index contributed by atoms with van der Waals surface area (Å²) in [5.41, 5.74) is -2.09. The second kappa shape index (κ2) is 10.0. The molecule has 0 saturated carbocycles. The van der Waals surface area contributed by atoms with Gasteiger partial charge in [-0.05, 0) is 6.92 Å². The summed E-state index contributed by atoms with van der Waals surface area (Å²) in [6.45, 7) is 4.36. The maximum absolute atomic E-state index is 12.8. The van der Waals surface area contributed by atoms with Gasteiger partial charge in [0.15, 0.2) is 18.4 Å². The Morgan fingerprint density at radius 2 is 1.58 bits per heavy atom. The largest absolute Gasteiger partial charge is 0.463 e. The van der Waals surface area contributed by atoms with Crippen LogP contribution >= 0.6 is 0 Å². The number of carbonyl (C=O) groups excluding carboxylic acids is 4. The van der Waals surface area contributed by atoms with Gasteiger partial charge in [-0.1, -0.05) is 0 Å². The standard InChI is InChI=1S/C18H22N2O11/c1-5-27-18(26)20-13(24)6-7-19(17(20)25)16-15(30-11(4)23)14(29-10(3)22)12(31-16)8-28-9(2)21/h6-7,12,14-16H,5,8H2,1-4H3/t12-,14-,15-,16-/m1/s1. The highest BCUT2D eigenvalue weighted by molar-refractivity contribution is 5.70. The van der Waals surface area contributed by atoms with Crippen LogP contribution < -0.4 is 11.2 Å². The topological polar surface area (TPSA) is 158 Å². The predicted octanol–water partition coefficient (Wildman–Crippen LogP) is -0.661. The van der Waals surface area contributed by atoms with Gasteiger partial charge in [0, 0.05) is 33.0 Å². The Hall–Kier alpha value is -3.48. The van der Waals surface area contributed by atoms with Gasteiger partial charge in [0.2, 0.25) is 0 Å². The minimum absolute atomic E-state index is 0.0887. The van der Waals surface area contributed by atoms with Gasteiger partial charge >= 0.3 is 29.7 Å². The molecule has 0 spiro atoms. The summed E-state index contributed by atoms with van der Waals surface area (Å²) in [6.07, 6.45) is -5.31. The van der Waals surface area contributed by atoms with Gasteiger partial charge in [-0.3, -0.25) is 23.7 Å². The lowest BCUT2D eigenvalue weighted by molar-refractivity contribution is -0.166. The van der Waals surface area contributed by atoms with Crippen LogP contribution in [0.15, 0.2) is 21.9 Å². The van der Waals surface area contributed by atoms with Crippen molar-refractivity contribution in [1.29, 1.82) is 0 Å². The van der Waals surface area contributed by atoms with E-state index in [1.54, 1.807) is 0 Å². The Morgan fingerprint density at radius 1 is 0.968 bits per heavy atom. The summed E-state index contributed by atoms with van der Waals surface area (Å²) in [5.74, 6) is -2.18. The molecule has 2 rings (SSSR count). The molecule has 0 radical (unpaired) electrons. The quantitative estimate of drug-likeness (QED) is 0.406. The van der Waals surface area contributed by atoms with E-state index in [1.807, 2.05) is 0 Å². The van der Waals surface area contributed by atoms with Crippen LogP contribution in [0.1, 0.15) is 33.9 Å². The van der Waals surface area contributed by atoms with Crippen LogP contribution in [0.3, 0.4) is 0 Å². The van der Waals surface area contributed by atoms with E-state index in [-0.39, 0.29) is 17.8 Å². The van der Waals surface area contributed by atoms with Crippen molar-refractivity contribution in [2.75, 3.05) is 13.2 Å². The normalized spacial score (nSPS) is 22.5. The molecule has 1 fully saturated rings. The van der Waals surface area contributed by atoms with Crippen LogP contribution in [0.5, 0.6) is 0 Å². The van der Waals surface area contributed by atoms with Crippen molar-refractivity contribution in [3.05, 3.63) is 33.1 Å². The van der Waals surface area contributed by atoms with Crippen molar-refractivity contribution in [1.82, 2.24) is 9.13 Å². The average molecular weight is 442 g/mol. The number of hydrogen-bond acceptors (Lipinski definition) is 11. The van der Waals surface area contributed by atoms with Crippen LogP contribution in [0, 0.1) is 0 Å². The van der Waals surface area contributed by atoms with Crippen LogP contribution in [-0.4, -0.2) is 64.7 Å². The molecule has 0 amide bonds. The maximum atomic E-state index is 12.8. The number of aromatic nitrogens is 2. The lowest BCUT2D eigenvalue weighted by atomic mass is 10.1. The number of carbonyl (C=O) groups is 4. The van der Waals surface area contributed by atoms with E-state index in [2.05, 4.69) is 0 Å². The first-order valence-corrected chi connectivity index (χ1v) is 9.21. The molecule has 1 aliphatic rings. The number of ether oxygens (including phenoxy) is 5. The van der Waals surface area contributed by atoms with Crippen molar-refractivity contribution < 1.29 is 42.9 Å². The highest BCUT2D eigenvalue weighted by Crippen LogP contribution is 2.33. The second-order valence-electron chi connectivity index (χ2n) is 6.39. The molecule has 2 heterocycles. The first kappa shape index (κ1) is 23.8. The van der Waals surface area contributed by atoms with Crippen LogP contribution in [0.25, 0.3) is 0 Å². The Kier molecular flexibility index (Phi) is 7.69. The van der Waals surface area contributed by atoms with Gasteiger partial charge in [0.1, 0.15) is 12.7 Å². The number of esters is 3. The van der Waals surface area contributed by atoms with Gasteiger partial charge < -0.3 is 23.7 Å². The van der Waals surface area contributed by atoms with E-state index >= 15 is 0 Å². The molecule has 1 aliphatic heterocycles. The Bertz CT molecular complexity index is 979. The fraction of sp³-hybridized carbons (Fsp3) is 0.556. The zero-order chi connectivity index (χ0) is 23.3. The molecule has 1 aromatic rings. The molecule has 13 heteroatoms. The molecule has 1 saturated heterocycles. The number of hydrogen-bond donors (Lipinski definition) is 0. The lowest BCUT2D eigenvalue weighted by Gasteiger charge is -2.24. The average Bonchev–Trinajstić information content (AvgIpc) is 2.96.